The molecule has 0 unspecified atom stereocenters. The van der Waals surface area contributed by atoms with Gasteiger partial charge in [-0.2, -0.15) is 0 Å². The van der Waals surface area contributed by atoms with Gasteiger partial charge in [-0.05, 0) is 43.4 Å². The molecule has 0 bridgehead atoms. The molecule has 0 amide bonds. The van der Waals surface area contributed by atoms with Crippen LogP contribution < -0.4 is 5.32 Å². The van der Waals surface area contributed by atoms with Crippen molar-refractivity contribution in [3.05, 3.63) is 15.6 Å². The Labute approximate surface area is 104 Å². The molecule has 0 fully saturated rings. The van der Waals surface area contributed by atoms with Crippen molar-refractivity contribution in [1.29, 1.82) is 0 Å². The third-order valence-corrected chi connectivity index (χ3v) is 2.50. The quantitative estimate of drug-likeness (QED) is 0.667. The smallest absolute Gasteiger partial charge is 0.143 e. The maximum atomic E-state index is 5.43. The first-order valence-corrected chi connectivity index (χ1v) is 6.02. The van der Waals surface area contributed by atoms with E-state index in [1.807, 2.05) is 27.0 Å². The van der Waals surface area contributed by atoms with Crippen LogP contribution in [0.4, 0.5) is 5.82 Å². The molecule has 0 saturated carbocycles. The van der Waals surface area contributed by atoms with Crippen LogP contribution in [0.1, 0.15) is 19.7 Å². The fourth-order valence-corrected chi connectivity index (χ4v) is 1.49. The molecule has 0 saturated heterocycles. The lowest BCUT2D eigenvalue weighted by Gasteiger charge is -2.10. The van der Waals surface area contributed by atoms with Gasteiger partial charge in [-0.25, -0.2) is 9.97 Å². The van der Waals surface area contributed by atoms with Crippen molar-refractivity contribution in [2.24, 2.45) is 0 Å². The maximum Gasteiger partial charge on any atom is 0.143 e. The Morgan fingerprint density at radius 2 is 2.27 bits per heavy atom. The summed E-state index contributed by atoms with van der Waals surface area (Å²) in [5.74, 6) is 1.66. The van der Waals surface area contributed by atoms with E-state index in [0.717, 1.165) is 21.8 Å². The summed E-state index contributed by atoms with van der Waals surface area (Å²) in [5.41, 5.74) is 0. The number of anilines is 1. The van der Waals surface area contributed by atoms with Gasteiger partial charge in [0.15, 0.2) is 0 Å². The summed E-state index contributed by atoms with van der Waals surface area (Å²) in [6, 6.07) is 0. The second-order valence-electron chi connectivity index (χ2n) is 3.46. The largest absolute Gasteiger partial charge is 0.377 e. The van der Waals surface area contributed by atoms with Gasteiger partial charge in [0.25, 0.3) is 0 Å². The highest BCUT2D eigenvalue weighted by atomic mass is 127. The van der Waals surface area contributed by atoms with Gasteiger partial charge >= 0.3 is 0 Å². The van der Waals surface area contributed by atoms with Crippen LogP contribution in [0.15, 0.2) is 6.20 Å². The summed E-state index contributed by atoms with van der Waals surface area (Å²) in [6.07, 6.45) is 2.09. The molecule has 0 aliphatic carbocycles. The second-order valence-corrected chi connectivity index (χ2v) is 4.62. The molecule has 1 N–H and O–H groups in total. The minimum Gasteiger partial charge on any atom is -0.377 e. The molecule has 1 heterocycles. The Kier molecular flexibility index (Phi) is 5.24. The van der Waals surface area contributed by atoms with E-state index in [2.05, 4.69) is 37.9 Å². The zero-order valence-electron chi connectivity index (χ0n) is 9.25. The van der Waals surface area contributed by atoms with E-state index in [4.69, 9.17) is 4.74 Å². The van der Waals surface area contributed by atoms with Crippen LogP contribution in [0.25, 0.3) is 0 Å². The lowest BCUT2D eigenvalue weighted by Crippen LogP contribution is -2.14. The molecule has 5 heteroatoms. The molecule has 0 radical (unpaired) electrons. The summed E-state index contributed by atoms with van der Waals surface area (Å²) < 4.78 is 6.46. The van der Waals surface area contributed by atoms with Crippen molar-refractivity contribution in [1.82, 2.24) is 9.97 Å². The van der Waals surface area contributed by atoms with Crippen molar-refractivity contribution in [3.8, 4) is 0 Å². The number of rotatable bonds is 5. The Bertz CT molecular complexity index is 318. The zero-order valence-corrected chi connectivity index (χ0v) is 11.4. The van der Waals surface area contributed by atoms with E-state index in [1.165, 1.54) is 0 Å². The first-order chi connectivity index (χ1) is 7.09. The topological polar surface area (TPSA) is 47.0 Å². The molecule has 0 aliphatic heterocycles. The second kappa shape index (κ2) is 6.22. The fraction of sp³-hybridized carbons (Fsp3) is 0.600. The highest BCUT2D eigenvalue weighted by Crippen LogP contribution is 2.13. The van der Waals surface area contributed by atoms with Crippen molar-refractivity contribution in [3.63, 3.8) is 0 Å². The lowest BCUT2D eigenvalue weighted by atomic mass is 10.5. The summed E-state index contributed by atoms with van der Waals surface area (Å²) in [6.45, 7) is 7.39. The number of nitrogens with zero attached hydrogens (tertiary/aromatic N) is 2. The van der Waals surface area contributed by atoms with E-state index >= 15 is 0 Å². The van der Waals surface area contributed by atoms with E-state index in [0.29, 0.717) is 6.61 Å². The Morgan fingerprint density at radius 3 is 2.93 bits per heavy atom. The van der Waals surface area contributed by atoms with Gasteiger partial charge in [0.05, 0.1) is 16.3 Å². The van der Waals surface area contributed by atoms with Crippen LogP contribution in [0.3, 0.4) is 0 Å². The Hall–Kier alpha value is -0.430. The molecule has 84 valence electrons. The maximum absolute atomic E-state index is 5.43. The predicted octanol–water partition coefficient (Wildman–Crippen LogP) is 2.23. The molecule has 0 aromatic carbocycles. The highest BCUT2D eigenvalue weighted by molar-refractivity contribution is 14.1. The third-order valence-electron chi connectivity index (χ3n) is 1.71. The number of hydrogen-bond donors (Lipinski definition) is 1. The SMILES string of the molecule is Cc1ncc(I)c(NCCOC(C)C)n1. The standard InChI is InChI=1S/C10H16IN3O/c1-7(2)15-5-4-12-10-9(11)6-13-8(3)14-10/h6-7H,4-5H2,1-3H3,(H,12,13,14). The predicted molar refractivity (Wildman–Crippen MR) is 69.1 cm³/mol. The monoisotopic (exact) mass is 321 g/mol. The van der Waals surface area contributed by atoms with Crippen molar-refractivity contribution < 1.29 is 4.74 Å². The number of nitrogens with one attached hydrogen (secondary N) is 1. The van der Waals surface area contributed by atoms with E-state index in [-0.39, 0.29) is 6.10 Å². The van der Waals surface area contributed by atoms with Gasteiger partial charge in [0.2, 0.25) is 0 Å². The fourth-order valence-electron chi connectivity index (χ4n) is 1.04. The molecule has 1 aromatic heterocycles. The average Bonchev–Trinajstić information content (AvgIpc) is 2.17. The van der Waals surface area contributed by atoms with Crippen molar-refractivity contribution in [2.75, 3.05) is 18.5 Å². The minimum atomic E-state index is 0.276. The number of halogens is 1. The van der Waals surface area contributed by atoms with Gasteiger partial charge in [-0.15, -0.1) is 0 Å². The molecule has 0 spiro atoms. The summed E-state index contributed by atoms with van der Waals surface area (Å²) in [4.78, 5) is 8.41. The molecule has 1 rings (SSSR count). The Morgan fingerprint density at radius 1 is 1.53 bits per heavy atom. The average molecular weight is 321 g/mol. The number of ether oxygens (including phenoxy) is 1. The normalized spacial score (nSPS) is 10.7. The number of aryl methyl sites for hydroxylation is 1. The van der Waals surface area contributed by atoms with Gasteiger partial charge in [0, 0.05) is 12.7 Å². The van der Waals surface area contributed by atoms with Gasteiger partial charge in [-0.1, -0.05) is 0 Å². The van der Waals surface area contributed by atoms with Gasteiger partial charge < -0.3 is 10.1 Å². The zero-order chi connectivity index (χ0) is 11.3. The molecule has 15 heavy (non-hydrogen) atoms. The van der Waals surface area contributed by atoms with Crippen molar-refractivity contribution >= 4 is 28.4 Å². The van der Waals surface area contributed by atoms with E-state index in [9.17, 15) is 0 Å². The summed E-state index contributed by atoms with van der Waals surface area (Å²) in [7, 11) is 0. The third kappa shape index (κ3) is 4.74. The first-order valence-electron chi connectivity index (χ1n) is 4.94. The Balaban J connectivity index is 2.40. The van der Waals surface area contributed by atoms with E-state index in [1.54, 1.807) is 0 Å². The summed E-state index contributed by atoms with van der Waals surface area (Å²) in [5, 5.41) is 3.23. The molecule has 1 aromatic rings. The molecule has 0 atom stereocenters. The number of aromatic nitrogens is 2. The van der Waals surface area contributed by atoms with Crippen LogP contribution in [0, 0.1) is 10.5 Å². The van der Waals surface area contributed by atoms with Crippen LogP contribution in [-0.4, -0.2) is 29.2 Å². The molecule has 4 nitrogen and oxygen atoms in total. The molecular formula is C10H16IN3O. The summed E-state index contributed by atoms with van der Waals surface area (Å²) >= 11 is 2.21. The van der Waals surface area contributed by atoms with Crippen LogP contribution in [0.2, 0.25) is 0 Å². The van der Waals surface area contributed by atoms with Crippen LogP contribution >= 0.6 is 22.6 Å². The minimum absolute atomic E-state index is 0.276. The first kappa shape index (κ1) is 12.6. The van der Waals surface area contributed by atoms with Gasteiger partial charge in [0.1, 0.15) is 11.6 Å². The van der Waals surface area contributed by atoms with Gasteiger partial charge in [-0.3, -0.25) is 0 Å². The highest BCUT2D eigenvalue weighted by Gasteiger charge is 2.01. The van der Waals surface area contributed by atoms with Crippen LogP contribution in [-0.2, 0) is 4.74 Å². The lowest BCUT2D eigenvalue weighted by molar-refractivity contribution is 0.0870. The molecular weight excluding hydrogens is 305 g/mol. The van der Waals surface area contributed by atoms with E-state index < -0.39 is 0 Å². The number of hydrogen-bond acceptors (Lipinski definition) is 4. The van der Waals surface area contributed by atoms with Crippen molar-refractivity contribution in [2.45, 2.75) is 26.9 Å². The van der Waals surface area contributed by atoms with Crippen LogP contribution in [0.5, 0.6) is 0 Å². The molecule has 0 aliphatic rings.